The van der Waals surface area contributed by atoms with E-state index in [1.54, 1.807) is 0 Å². The highest BCUT2D eigenvalue weighted by Crippen LogP contribution is 2.35. The fraction of sp³-hybridized carbons (Fsp3) is 0.0769. The van der Waals surface area contributed by atoms with Gasteiger partial charge < -0.3 is 0 Å². The fourth-order valence-corrected chi connectivity index (χ4v) is 2.52. The summed E-state index contributed by atoms with van der Waals surface area (Å²) in [4.78, 5) is 1.22. The van der Waals surface area contributed by atoms with Gasteiger partial charge in [0.2, 0.25) is 0 Å². The molecule has 16 heavy (non-hydrogen) atoms. The molecule has 3 heteroatoms. The average Bonchev–Trinajstić information content (AvgIpc) is 2.70. The lowest BCUT2D eigenvalue weighted by atomic mass is 10.1. The Balaban J connectivity index is 2.00. The Morgan fingerprint density at radius 1 is 0.938 bits per heavy atom. The van der Waals surface area contributed by atoms with Crippen molar-refractivity contribution in [1.29, 1.82) is 0 Å². The number of azo groups is 1. The number of hydrogen-bond donors (Lipinski definition) is 0. The predicted molar refractivity (Wildman–Crippen MR) is 67.9 cm³/mol. The van der Waals surface area contributed by atoms with Crippen molar-refractivity contribution < 1.29 is 0 Å². The van der Waals surface area contributed by atoms with Crippen LogP contribution in [0.25, 0.3) is 5.70 Å². The lowest BCUT2D eigenvalue weighted by molar-refractivity contribution is 1.18. The van der Waals surface area contributed by atoms with E-state index in [1.165, 1.54) is 4.91 Å². The summed E-state index contributed by atoms with van der Waals surface area (Å²) in [6.45, 7) is 0. The molecule has 2 nitrogen and oxygen atoms in total. The van der Waals surface area contributed by atoms with Crippen molar-refractivity contribution in [3.8, 4) is 0 Å². The van der Waals surface area contributed by atoms with E-state index in [1.807, 2.05) is 48.2 Å². The molecule has 0 atom stereocenters. The Hall–Kier alpha value is -1.61. The van der Waals surface area contributed by atoms with E-state index >= 15 is 0 Å². The van der Waals surface area contributed by atoms with Gasteiger partial charge in [0.15, 0.2) is 0 Å². The van der Waals surface area contributed by atoms with E-state index in [2.05, 4.69) is 22.4 Å². The monoisotopic (exact) mass is 226 g/mol. The van der Waals surface area contributed by atoms with E-state index in [4.69, 9.17) is 0 Å². The molecule has 0 saturated heterocycles. The van der Waals surface area contributed by atoms with Crippen molar-refractivity contribution in [3.63, 3.8) is 0 Å². The number of fused-ring (bicyclic) bond motifs is 1. The molecule has 0 amide bonds. The van der Waals surface area contributed by atoms with Crippen LogP contribution in [-0.2, 0) is 0 Å². The number of benzene rings is 1. The van der Waals surface area contributed by atoms with Crippen molar-refractivity contribution in [1.82, 2.24) is 0 Å². The minimum atomic E-state index is 0.920. The molecule has 0 bridgehead atoms. The second-order valence-corrected chi connectivity index (χ2v) is 4.61. The summed E-state index contributed by atoms with van der Waals surface area (Å²) in [6.07, 6.45) is 6.25. The van der Waals surface area contributed by atoms with E-state index < -0.39 is 0 Å². The van der Waals surface area contributed by atoms with E-state index in [-0.39, 0.29) is 0 Å². The Kier molecular flexibility index (Phi) is 2.46. The topological polar surface area (TPSA) is 24.7 Å². The second kappa shape index (κ2) is 4.10. The molecular formula is C13H10N2S. The van der Waals surface area contributed by atoms with Crippen molar-refractivity contribution in [2.45, 2.75) is 0 Å². The summed E-state index contributed by atoms with van der Waals surface area (Å²) < 4.78 is 0. The number of thioether (sulfide) groups is 1. The molecule has 0 N–H and O–H groups in total. The van der Waals surface area contributed by atoms with Crippen LogP contribution in [0.5, 0.6) is 0 Å². The number of allylic oxidation sites excluding steroid dienone is 2. The normalized spacial score (nSPS) is 18.4. The summed E-state index contributed by atoms with van der Waals surface area (Å²) >= 11 is 1.81. The molecule has 2 heterocycles. The Bertz CT molecular complexity index is 524. The molecule has 2 aliphatic heterocycles. The molecular weight excluding hydrogens is 216 g/mol. The zero-order chi connectivity index (χ0) is 10.8. The summed E-state index contributed by atoms with van der Waals surface area (Å²) in [5.41, 5.74) is 3.03. The van der Waals surface area contributed by atoms with E-state index in [9.17, 15) is 0 Å². The molecule has 0 radical (unpaired) electrons. The average molecular weight is 226 g/mol. The molecule has 0 fully saturated rings. The molecule has 78 valence electrons. The summed E-state index contributed by atoms with van der Waals surface area (Å²) in [6, 6.07) is 10.1. The maximum atomic E-state index is 4.29. The highest BCUT2D eigenvalue weighted by atomic mass is 32.2. The van der Waals surface area contributed by atoms with Gasteiger partial charge in [0.05, 0.1) is 11.4 Å². The van der Waals surface area contributed by atoms with Gasteiger partial charge in [0.25, 0.3) is 0 Å². The fourth-order valence-electron chi connectivity index (χ4n) is 1.67. The standard InChI is InChI=1S/C13H10N2S/c1-2-4-10(5-3-1)11-6-7-13-12(15-14-11)8-9-16-13/h1-8H,9H2. The van der Waals surface area contributed by atoms with Gasteiger partial charge >= 0.3 is 0 Å². The largest absolute Gasteiger partial charge is 0.150 e. The van der Waals surface area contributed by atoms with Crippen LogP contribution in [-0.4, -0.2) is 5.75 Å². The van der Waals surface area contributed by atoms with Crippen LogP contribution < -0.4 is 0 Å². The molecule has 0 aromatic heterocycles. The predicted octanol–water partition coefficient (Wildman–Crippen LogP) is 4.01. The minimum Gasteiger partial charge on any atom is -0.150 e. The molecule has 0 aliphatic carbocycles. The first-order valence-electron chi connectivity index (χ1n) is 5.16. The Morgan fingerprint density at radius 3 is 2.62 bits per heavy atom. The van der Waals surface area contributed by atoms with Crippen LogP contribution >= 0.6 is 11.8 Å². The third-order valence-electron chi connectivity index (χ3n) is 2.50. The Labute approximate surface area is 98.5 Å². The molecule has 0 spiro atoms. The molecule has 3 rings (SSSR count). The van der Waals surface area contributed by atoms with Crippen molar-refractivity contribution >= 4 is 17.5 Å². The van der Waals surface area contributed by atoms with Gasteiger partial charge in [-0.05, 0) is 18.2 Å². The SMILES string of the molecule is C1=C2N=NC(c3ccccc3)=CC=C2SC1. The van der Waals surface area contributed by atoms with Gasteiger partial charge in [-0.15, -0.1) is 22.0 Å². The first-order valence-corrected chi connectivity index (χ1v) is 6.14. The number of hydrogen-bond acceptors (Lipinski definition) is 3. The smallest absolute Gasteiger partial charge is 0.0961 e. The van der Waals surface area contributed by atoms with Gasteiger partial charge in [-0.1, -0.05) is 30.3 Å². The highest BCUT2D eigenvalue weighted by molar-refractivity contribution is 8.03. The number of rotatable bonds is 1. The summed E-state index contributed by atoms with van der Waals surface area (Å²) in [5, 5.41) is 8.56. The van der Waals surface area contributed by atoms with Crippen LogP contribution in [0.15, 0.2) is 69.4 Å². The summed E-state index contributed by atoms with van der Waals surface area (Å²) in [5.74, 6) is 1.01. The van der Waals surface area contributed by atoms with E-state index in [0.29, 0.717) is 0 Å². The Morgan fingerprint density at radius 2 is 1.75 bits per heavy atom. The lowest BCUT2D eigenvalue weighted by Gasteiger charge is -1.97. The van der Waals surface area contributed by atoms with Gasteiger partial charge in [-0.25, -0.2) is 0 Å². The van der Waals surface area contributed by atoms with Crippen molar-refractivity contribution in [3.05, 3.63) is 64.7 Å². The first-order chi connectivity index (χ1) is 7.93. The van der Waals surface area contributed by atoms with Crippen LogP contribution in [0.2, 0.25) is 0 Å². The lowest BCUT2D eigenvalue weighted by Crippen LogP contribution is -1.77. The first kappa shape index (κ1) is 9.60. The molecule has 0 saturated carbocycles. The van der Waals surface area contributed by atoms with Crippen molar-refractivity contribution in [2.24, 2.45) is 10.2 Å². The zero-order valence-corrected chi connectivity index (χ0v) is 9.45. The third-order valence-corrected chi connectivity index (χ3v) is 3.49. The zero-order valence-electron chi connectivity index (χ0n) is 8.63. The van der Waals surface area contributed by atoms with Gasteiger partial charge in [0.1, 0.15) is 0 Å². The van der Waals surface area contributed by atoms with Gasteiger partial charge in [0, 0.05) is 16.2 Å². The molecule has 0 unspecified atom stereocenters. The third kappa shape index (κ3) is 1.74. The van der Waals surface area contributed by atoms with E-state index in [0.717, 1.165) is 22.7 Å². The maximum absolute atomic E-state index is 4.29. The molecule has 1 aromatic carbocycles. The minimum absolute atomic E-state index is 0.920. The highest BCUT2D eigenvalue weighted by Gasteiger charge is 2.13. The van der Waals surface area contributed by atoms with Crippen LogP contribution in [0, 0.1) is 0 Å². The molecule has 1 aromatic rings. The second-order valence-electron chi connectivity index (χ2n) is 3.55. The van der Waals surface area contributed by atoms with Crippen LogP contribution in [0.4, 0.5) is 0 Å². The van der Waals surface area contributed by atoms with Gasteiger partial charge in [-0.3, -0.25) is 0 Å². The van der Waals surface area contributed by atoms with Crippen LogP contribution in [0.3, 0.4) is 0 Å². The number of nitrogens with zero attached hydrogens (tertiary/aromatic N) is 2. The molecule has 2 aliphatic rings. The van der Waals surface area contributed by atoms with Gasteiger partial charge in [-0.2, -0.15) is 0 Å². The van der Waals surface area contributed by atoms with Crippen molar-refractivity contribution in [2.75, 3.05) is 5.75 Å². The quantitative estimate of drug-likeness (QED) is 0.710. The maximum Gasteiger partial charge on any atom is 0.0961 e. The van der Waals surface area contributed by atoms with Crippen LogP contribution in [0.1, 0.15) is 5.56 Å². The summed E-state index contributed by atoms with van der Waals surface area (Å²) in [7, 11) is 0.